The molecule has 0 fully saturated rings. The lowest BCUT2D eigenvalue weighted by atomic mass is 10.2. The minimum Gasteiger partial charge on any atom is -0.480 e. The molecule has 0 aliphatic heterocycles. The van der Waals surface area contributed by atoms with Gasteiger partial charge in [0.1, 0.15) is 5.52 Å². The van der Waals surface area contributed by atoms with E-state index in [1.54, 1.807) is 6.33 Å². The number of nitrogens with one attached hydrogen (secondary N) is 1. The van der Waals surface area contributed by atoms with Gasteiger partial charge in [-0.15, -0.1) is 0 Å². The lowest BCUT2D eigenvalue weighted by molar-refractivity contribution is -0.110. The SMILES string of the molecule is C=C(NCc1ccc(Cl)cc1)OCCCCn1cnc2c(N)nc(Cl)nc21.CC(F)(F)F. The fourth-order valence-electron chi connectivity index (χ4n) is 2.54. The fourth-order valence-corrected chi connectivity index (χ4v) is 2.83. The molecule has 1 aromatic carbocycles. The van der Waals surface area contributed by atoms with Gasteiger partial charge in [-0.3, -0.25) is 0 Å². The molecule has 0 radical (unpaired) electrons. The van der Waals surface area contributed by atoms with Crippen molar-refractivity contribution in [1.29, 1.82) is 0 Å². The van der Waals surface area contributed by atoms with E-state index < -0.39 is 6.18 Å². The van der Waals surface area contributed by atoms with Gasteiger partial charge in [-0.1, -0.05) is 23.7 Å². The van der Waals surface area contributed by atoms with Gasteiger partial charge in [0, 0.05) is 25.0 Å². The molecule has 2 aromatic heterocycles. The number of hydrogen-bond acceptors (Lipinski definition) is 6. The number of aromatic nitrogens is 4. The monoisotopic (exact) mass is 490 g/mol. The Morgan fingerprint density at radius 3 is 2.50 bits per heavy atom. The number of nitrogen functional groups attached to an aromatic ring is 1. The van der Waals surface area contributed by atoms with Crippen LogP contribution in [0.1, 0.15) is 25.3 Å². The van der Waals surface area contributed by atoms with E-state index in [0.29, 0.717) is 30.2 Å². The van der Waals surface area contributed by atoms with Gasteiger partial charge in [0.15, 0.2) is 17.3 Å². The Morgan fingerprint density at radius 2 is 1.84 bits per heavy atom. The summed E-state index contributed by atoms with van der Waals surface area (Å²) in [6.07, 6.45) is -0.563. The Kier molecular flexibility index (Phi) is 9.40. The molecule has 0 saturated heterocycles. The average Bonchev–Trinajstić information content (AvgIpc) is 3.09. The van der Waals surface area contributed by atoms with Crippen LogP contribution in [0, 0.1) is 0 Å². The van der Waals surface area contributed by atoms with Crippen LogP contribution in [0.15, 0.2) is 43.1 Å². The molecule has 3 rings (SSSR count). The van der Waals surface area contributed by atoms with E-state index in [1.807, 2.05) is 28.8 Å². The number of benzene rings is 1. The molecule has 12 heteroatoms. The highest BCUT2D eigenvalue weighted by atomic mass is 35.5. The Morgan fingerprint density at radius 1 is 1.19 bits per heavy atom. The second-order valence-electron chi connectivity index (χ2n) is 6.73. The second kappa shape index (κ2) is 11.8. The molecule has 7 nitrogen and oxygen atoms in total. The highest BCUT2D eigenvalue weighted by Crippen LogP contribution is 2.18. The summed E-state index contributed by atoms with van der Waals surface area (Å²) in [5.74, 6) is 0.834. The van der Waals surface area contributed by atoms with Crippen LogP contribution in [-0.4, -0.2) is 32.3 Å². The number of rotatable bonds is 9. The maximum atomic E-state index is 10.4. The minimum absolute atomic E-state index is 0.119. The molecule has 3 aromatic rings. The van der Waals surface area contributed by atoms with E-state index in [2.05, 4.69) is 26.8 Å². The first-order chi connectivity index (χ1) is 15.0. The molecule has 0 amide bonds. The smallest absolute Gasteiger partial charge is 0.386 e. The number of nitrogens with two attached hydrogens (primary N) is 1. The summed E-state index contributed by atoms with van der Waals surface area (Å²) in [6, 6.07) is 7.63. The van der Waals surface area contributed by atoms with Crippen molar-refractivity contribution in [2.24, 2.45) is 0 Å². The molecule has 0 saturated carbocycles. The molecular formula is C20H23Cl2F3N6O. The molecule has 2 heterocycles. The molecule has 174 valence electrons. The van der Waals surface area contributed by atoms with Gasteiger partial charge < -0.3 is 20.4 Å². The zero-order chi connectivity index (χ0) is 23.7. The first kappa shape index (κ1) is 25.5. The van der Waals surface area contributed by atoms with Crippen LogP contribution in [0.3, 0.4) is 0 Å². The molecule has 0 aliphatic rings. The van der Waals surface area contributed by atoms with Crippen LogP contribution in [-0.2, 0) is 17.8 Å². The topological polar surface area (TPSA) is 90.9 Å². The zero-order valence-corrected chi connectivity index (χ0v) is 18.8. The average molecular weight is 491 g/mol. The maximum Gasteiger partial charge on any atom is 0.386 e. The quantitative estimate of drug-likeness (QED) is 0.239. The summed E-state index contributed by atoms with van der Waals surface area (Å²) >= 11 is 11.7. The third-order valence-corrected chi connectivity index (χ3v) is 4.36. The summed E-state index contributed by atoms with van der Waals surface area (Å²) < 4.78 is 38.6. The standard InChI is InChI=1S/C18H20Cl2N6O.C2H3F3/c1-12(22-10-13-4-6-14(19)7-5-13)27-9-3-2-8-26-11-23-15-16(21)24-18(20)25-17(15)26;1-2(3,4)5/h4-7,11,22H,1-3,8-10H2,(H2,21,24,25);1H3. The largest absolute Gasteiger partial charge is 0.480 e. The van der Waals surface area contributed by atoms with Gasteiger partial charge in [-0.05, 0) is 48.7 Å². The minimum atomic E-state index is -4.00. The third-order valence-electron chi connectivity index (χ3n) is 3.94. The highest BCUT2D eigenvalue weighted by Gasteiger charge is 2.15. The van der Waals surface area contributed by atoms with Crippen molar-refractivity contribution in [3.63, 3.8) is 0 Å². The predicted molar refractivity (Wildman–Crippen MR) is 119 cm³/mol. The van der Waals surface area contributed by atoms with E-state index in [0.717, 1.165) is 30.0 Å². The van der Waals surface area contributed by atoms with E-state index in [-0.39, 0.29) is 18.0 Å². The Bertz CT molecular complexity index is 1020. The fraction of sp³-hybridized carbons (Fsp3) is 0.350. The van der Waals surface area contributed by atoms with E-state index in [4.69, 9.17) is 33.7 Å². The predicted octanol–water partition coefficient (Wildman–Crippen LogP) is 5.34. The summed E-state index contributed by atoms with van der Waals surface area (Å²) in [6.45, 7) is 6.00. The zero-order valence-electron chi connectivity index (χ0n) is 17.3. The summed E-state index contributed by atoms with van der Waals surface area (Å²) in [5, 5.41) is 3.98. The van der Waals surface area contributed by atoms with E-state index in [1.165, 1.54) is 0 Å². The van der Waals surface area contributed by atoms with Crippen LogP contribution in [0.2, 0.25) is 10.3 Å². The number of nitrogens with zero attached hydrogens (tertiary/aromatic N) is 4. The highest BCUT2D eigenvalue weighted by molar-refractivity contribution is 6.30. The number of alkyl halides is 3. The first-order valence-electron chi connectivity index (χ1n) is 9.53. The van der Waals surface area contributed by atoms with E-state index >= 15 is 0 Å². The van der Waals surface area contributed by atoms with Gasteiger partial charge in [-0.2, -0.15) is 23.1 Å². The van der Waals surface area contributed by atoms with Gasteiger partial charge in [0.2, 0.25) is 5.28 Å². The Hall–Kier alpha value is -2.72. The van der Waals surface area contributed by atoms with Crippen molar-refractivity contribution in [2.75, 3.05) is 12.3 Å². The first-order valence-corrected chi connectivity index (χ1v) is 10.3. The van der Waals surface area contributed by atoms with Gasteiger partial charge in [0.05, 0.1) is 12.9 Å². The van der Waals surface area contributed by atoms with Crippen LogP contribution in [0.4, 0.5) is 19.0 Å². The van der Waals surface area contributed by atoms with Crippen molar-refractivity contribution in [3.8, 4) is 0 Å². The Balaban J connectivity index is 0.000000654. The molecule has 0 atom stereocenters. The van der Waals surface area contributed by atoms with E-state index in [9.17, 15) is 13.2 Å². The molecule has 0 unspecified atom stereocenters. The molecule has 0 bridgehead atoms. The van der Waals surface area contributed by atoms with Crippen LogP contribution in [0.25, 0.3) is 11.2 Å². The lowest BCUT2D eigenvalue weighted by Crippen LogP contribution is -2.15. The second-order valence-corrected chi connectivity index (χ2v) is 7.50. The van der Waals surface area contributed by atoms with Crippen molar-refractivity contribution in [1.82, 2.24) is 24.8 Å². The summed E-state index contributed by atoms with van der Waals surface area (Å²) in [7, 11) is 0. The molecule has 3 N–H and O–H groups in total. The number of aryl methyl sites for hydroxylation is 1. The molecule has 0 aliphatic carbocycles. The molecule has 0 spiro atoms. The van der Waals surface area contributed by atoms with Crippen LogP contribution >= 0.6 is 23.2 Å². The molecule has 32 heavy (non-hydrogen) atoms. The van der Waals surface area contributed by atoms with Crippen molar-refractivity contribution in [2.45, 2.75) is 39.0 Å². The van der Waals surface area contributed by atoms with Crippen LogP contribution in [0.5, 0.6) is 0 Å². The number of fused-ring (bicyclic) bond motifs is 1. The third kappa shape index (κ3) is 9.19. The number of anilines is 1. The summed E-state index contributed by atoms with van der Waals surface area (Å²) in [4.78, 5) is 12.3. The number of halogens is 5. The van der Waals surface area contributed by atoms with Gasteiger partial charge in [0.25, 0.3) is 0 Å². The maximum absolute atomic E-state index is 10.4. The van der Waals surface area contributed by atoms with Crippen molar-refractivity contribution >= 4 is 40.2 Å². The van der Waals surface area contributed by atoms with Gasteiger partial charge in [-0.25, -0.2) is 4.98 Å². The Labute approximate surface area is 193 Å². The van der Waals surface area contributed by atoms with Crippen molar-refractivity contribution < 1.29 is 17.9 Å². The van der Waals surface area contributed by atoms with Crippen LogP contribution < -0.4 is 11.1 Å². The van der Waals surface area contributed by atoms with Crippen molar-refractivity contribution in [3.05, 3.63) is 58.9 Å². The molecular weight excluding hydrogens is 468 g/mol. The normalized spacial score (nSPS) is 11.1. The lowest BCUT2D eigenvalue weighted by Gasteiger charge is -2.12. The number of imidazole rings is 1. The summed E-state index contributed by atoms with van der Waals surface area (Å²) in [5.41, 5.74) is 8.12. The number of ether oxygens (including phenoxy) is 1. The van der Waals surface area contributed by atoms with Gasteiger partial charge >= 0.3 is 6.18 Å². The number of hydrogen-bond donors (Lipinski definition) is 2. The number of unbranched alkanes of at least 4 members (excludes halogenated alkanes) is 1.